The number of aliphatic carboxylic acids is 1. The average molecular weight is 138 g/mol. The topological polar surface area (TPSA) is 37.3 Å². The molecule has 1 atom stereocenters. The van der Waals surface area contributed by atoms with E-state index in [2.05, 4.69) is 25.3 Å². The van der Waals surface area contributed by atoms with Gasteiger partial charge in [0.25, 0.3) is 0 Å². The predicted molar refractivity (Wildman–Crippen MR) is 34.3 cm³/mol. The lowest BCUT2D eigenvalue weighted by Crippen LogP contribution is -2.14. The van der Waals surface area contributed by atoms with Gasteiger partial charge in [-0.25, -0.2) is 0 Å². The standard InChI is InChI=1S/C3H6O2S2/c4-3(5)2(7)1-6/h2,6-7H,1H2,(H,4,5)/t2-/m1/s1. The van der Waals surface area contributed by atoms with Gasteiger partial charge in [0.2, 0.25) is 0 Å². The van der Waals surface area contributed by atoms with Gasteiger partial charge in [0.05, 0.1) is 0 Å². The molecule has 7 heavy (non-hydrogen) atoms. The van der Waals surface area contributed by atoms with Crippen LogP contribution in [0.2, 0.25) is 0 Å². The molecule has 42 valence electrons. The van der Waals surface area contributed by atoms with Crippen LogP contribution >= 0.6 is 25.3 Å². The number of hydrogen-bond acceptors (Lipinski definition) is 3. The normalized spacial score (nSPS) is 13.4. The fourth-order valence-corrected chi connectivity index (χ4v) is 0.234. The fourth-order valence-electron chi connectivity index (χ4n) is 0.0781. The van der Waals surface area contributed by atoms with Gasteiger partial charge < -0.3 is 5.11 Å². The summed E-state index contributed by atoms with van der Waals surface area (Å²) in [6.45, 7) is 0. The van der Waals surface area contributed by atoms with Crippen LogP contribution in [-0.2, 0) is 4.79 Å². The molecular formula is C3H6O2S2. The van der Waals surface area contributed by atoms with Crippen molar-refractivity contribution in [2.75, 3.05) is 5.75 Å². The Morgan fingerprint density at radius 3 is 2.29 bits per heavy atom. The summed E-state index contributed by atoms with van der Waals surface area (Å²) in [6, 6.07) is 0. The molecule has 0 aromatic heterocycles. The first kappa shape index (κ1) is 7.17. The number of rotatable bonds is 2. The minimum Gasteiger partial charge on any atom is -0.480 e. The number of carbonyl (C=O) groups is 1. The third kappa shape index (κ3) is 2.82. The largest absolute Gasteiger partial charge is 0.480 e. The molecule has 2 nitrogen and oxygen atoms in total. The Balaban J connectivity index is 3.34. The van der Waals surface area contributed by atoms with Crippen molar-refractivity contribution in [1.82, 2.24) is 0 Å². The molecule has 0 aromatic rings. The van der Waals surface area contributed by atoms with Crippen molar-refractivity contribution in [3.8, 4) is 0 Å². The van der Waals surface area contributed by atoms with Crippen LogP contribution in [0.4, 0.5) is 0 Å². The van der Waals surface area contributed by atoms with Crippen LogP contribution in [0.15, 0.2) is 0 Å². The van der Waals surface area contributed by atoms with Gasteiger partial charge >= 0.3 is 5.97 Å². The van der Waals surface area contributed by atoms with Crippen LogP contribution in [-0.4, -0.2) is 22.1 Å². The summed E-state index contributed by atoms with van der Waals surface area (Å²) >= 11 is 7.35. The van der Waals surface area contributed by atoms with Crippen molar-refractivity contribution < 1.29 is 9.90 Å². The van der Waals surface area contributed by atoms with Crippen molar-refractivity contribution >= 4 is 31.2 Å². The van der Waals surface area contributed by atoms with Gasteiger partial charge in [-0.15, -0.1) is 0 Å². The second kappa shape index (κ2) is 3.21. The van der Waals surface area contributed by atoms with Crippen LogP contribution in [0, 0.1) is 0 Å². The summed E-state index contributed by atoms with van der Waals surface area (Å²) in [6.07, 6.45) is 0. The number of hydrogen-bond donors (Lipinski definition) is 3. The molecule has 0 aliphatic heterocycles. The van der Waals surface area contributed by atoms with Crippen LogP contribution < -0.4 is 0 Å². The molecule has 0 rings (SSSR count). The van der Waals surface area contributed by atoms with Crippen LogP contribution in [0.5, 0.6) is 0 Å². The van der Waals surface area contributed by atoms with E-state index in [4.69, 9.17) is 5.11 Å². The van der Waals surface area contributed by atoms with Crippen molar-refractivity contribution in [2.24, 2.45) is 0 Å². The number of thiol groups is 2. The van der Waals surface area contributed by atoms with E-state index < -0.39 is 11.2 Å². The van der Waals surface area contributed by atoms with E-state index >= 15 is 0 Å². The van der Waals surface area contributed by atoms with Crippen molar-refractivity contribution in [1.29, 1.82) is 0 Å². The molecule has 0 saturated carbocycles. The molecule has 0 saturated heterocycles. The molecule has 1 N–H and O–H groups in total. The Kier molecular flexibility index (Phi) is 3.29. The SMILES string of the molecule is O=C(O)[C@H](S)CS. The third-order valence-corrected chi connectivity index (χ3v) is 1.51. The van der Waals surface area contributed by atoms with Gasteiger partial charge in [0.15, 0.2) is 0 Å². The first-order valence-electron chi connectivity index (χ1n) is 1.70. The van der Waals surface area contributed by atoms with Crippen LogP contribution in [0.1, 0.15) is 0 Å². The quantitative estimate of drug-likeness (QED) is 0.480. The zero-order chi connectivity index (χ0) is 5.86. The highest BCUT2D eigenvalue weighted by Crippen LogP contribution is 1.95. The van der Waals surface area contributed by atoms with E-state index in [0.29, 0.717) is 0 Å². The molecule has 0 radical (unpaired) electrons. The highest BCUT2D eigenvalue weighted by molar-refractivity contribution is 7.85. The summed E-state index contributed by atoms with van der Waals surface area (Å²) in [5.74, 6) is -0.642. The van der Waals surface area contributed by atoms with Gasteiger partial charge in [-0.05, 0) is 0 Å². The Morgan fingerprint density at radius 1 is 1.86 bits per heavy atom. The van der Waals surface area contributed by atoms with Crippen molar-refractivity contribution in [3.63, 3.8) is 0 Å². The van der Waals surface area contributed by atoms with Gasteiger partial charge in [0, 0.05) is 5.75 Å². The average Bonchev–Trinajstić information content (AvgIpc) is 1.65. The zero-order valence-corrected chi connectivity index (χ0v) is 5.32. The second-order valence-corrected chi connectivity index (χ2v) is 2.03. The molecule has 0 fully saturated rings. The Labute approximate surface area is 52.7 Å². The zero-order valence-electron chi connectivity index (χ0n) is 3.53. The highest BCUT2D eigenvalue weighted by atomic mass is 32.1. The fraction of sp³-hybridized carbons (Fsp3) is 0.667. The number of carboxylic acid groups (broad SMARTS) is 1. The third-order valence-electron chi connectivity index (χ3n) is 0.458. The Bertz CT molecular complexity index is 73.3. The molecule has 0 heterocycles. The lowest BCUT2D eigenvalue weighted by molar-refractivity contribution is -0.135. The maximum atomic E-state index is 9.81. The lowest BCUT2D eigenvalue weighted by atomic mass is 10.5. The Hall–Kier alpha value is 0.170. The molecular weight excluding hydrogens is 132 g/mol. The monoisotopic (exact) mass is 138 g/mol. The van der Waals surface area contributed by atoms with Gasteiger partial charge in [0.1, 0.15) is 5.25 Å². The number of carboxylic acids is 1. The van der Waals surface area contributed by atoms with Gasteiger partial charge in [-0.1, -0.05) is 0 Å². The first-order valence-corrected chi connectivity index (χ1v) is 2.85. The first-order chi connectivity index (χ1) is 3.18. The maximum absolute atomic E-state index is 9.81. The summed E-state index contributed by atoms with van der Waals surface area (Å²) in [5.41, 5.74) is 0. The lowest BCUT2D eigenvalue weighted by Gasteiger charge is -1.95. The van der Waals surface area contributed by atoms with E-state index in [1.807, 2.05) is 0 Å². The van der Waals surface area contributed by atoms with Crippen molar-refractivity contribution in [2.45, 2.75) is 5.25 Å². The maximum Gasteiger partial charge on any atom is 0.317 e. The van der Waals surface area contributed by atoms with E-state index in [1.165, 1.54) is 0 Å². The highest BCUT2D eigenvalue weighted by Gasteiger charge is 2.06. The smallest absolute Gasteiger partial charge is 0.317 e. The van der Waals surface area contributed by atoms with Gasteiger partial charge in [-0.2, -0.15) is 25.3 Å². The molecule has 0 spiro atoms. The summed E-state index contributed by atoms with van der Waals surface area (Å²) < 4.78 is 0. The van der Waals surface area contributed by atoms with E-state index in [9.17, 15) is 4.79 Å². The summed E-state index contributed by atoms with van der Waals surface area (Å²) in [4.78, 5) is 9.81. The van der Waals surface area contributed by atoms with Gasteiger partial charge in [-0.3, -0.25) is 4.79 Å². The van der Waals surface area contributed by atoms with E-state index in [0.717, 1.165) is 0 Å². The molecule has 0 aliphatic carbocycles. The van der Waals surface area contributed by atoms with Crippen LogP contribution in [0.25, 0.3) is 0 Å². The summed E-state index contributed by atoms with van der Waals surface area (Å²) in [7, 11) is 0. The van der Waals surface area contributed by atoms with E-state index in [-0.39, 0.29) is 5.75 Å². The molecule has 0 aliphatic rings. The van der Waals surface area contributed by atoms with E-state index in [1.54, 1.807) is 0 Å². The molecule has 0 amide bonds. The Morgan fingerprint density at radius 2 is 2.29 bits per heavy atom. The molecule has 0 unspecified atom stereocenters. The molecule has 4 heteroatoms. The predicted octanol–water partition coefficient (Wildman–Crippen LogP) is 0.299. The molecule has 0 aromatic carbocycles. The van der Waals surface area contributed by atoms with Crippen LogP contribution in [0.3, 0.4) is 0 Å². The molecule has 0 bridgehead atoms. The van der Waals surface area contributed by atoms with Crippen molar-refractivity contribution in [3.05, 3.63) is 0 Å². The second-order valence-electron chi connectivity index (χ2n) is 1.04. The minimum absolute atomic E-state index is 0.276. The summed E-state index contributed by atoms with van der Waals surface area (Å²) in [5, 5.41) is 7.43. The minimum atomic E-state index is -0.918.